The molecule has 0 bridgehead atoms. The fraction of sp³-hybridized carbons (Fsp3) is 0.769. The van der Waals surface area contributed by atoms with E-state index in [-0.39, 0.29) is 0 Å². The third-order valence-electron chi connectivity index (χ3n) is 3.34. The van der Waals surface area contributed by atoms with Crippen molar-refractivity contribution in [3.63, 3.8) is 0 Å². The lowest BCUT2D eigenvalue weighted by molar-refractivity contribution is 0.527. The first kappa shape index (κ1) is 13.4. The van der Waals surface area contributed by atoms with Gasteiger partial charge in [0.25, 0.3) is 0 Å². The number of aromatic nitrogens is 1. The quantitative estimate of drug-likeness (QED) is 0.886. The van der Waals surface area contributed by atoms with Crippen LogP contribution in [-0.4, -0.2) is 22.0 Å². The number of hydrogen-bond donors (Lipinski definition) is 1. The molecule has 1 aromatic heterocycles. The summed E-state index contributed by atoms with van der Waals surface area (Å²) >= 11 is 3.95. The van der Waals surface area contributed by atoms with Gasteiger partial charge in [0, 0.05) is 22.7 Å². The van der Waals surface area contributed by atoms with Crippen LogP contribution >= 0.6 is 23.1 Å². The maximum atomic E-state index is 4.48. The zero-order valence-corrected chi connectivity index (χ0v) is 12.6. The molecular formula is C13H22N2S2. The summed E-state index contributed by atoms with van der Waals surface area (Å²) in [5, 5.41) is 5.77. The predicted octanol–water partition coefficient (Wildman–Crippen LogP) is 3.52. The molecule has 0 radical (unpaired) electrons. The van der Waals surface area contributed by atoms with Gasteiger partial charge in [-0.15, -0.1) is 11.3 Å². The number of nitrogens with zero attached hydrogens (tertiary/aromatic N) is 1. The standard InChI is InChI=1S/C13H22N2S2/c1-4-16-12-6-5-11(7-12)14-8-13-9(2)15-10(3)17-13/h11-12,14H,4-8H2,1-3H3. The van der Waals surface area contributed by atoms with Crippen LogP contribution in [0, 0.1) is 13.8 Å². The lowest BCUT2D eigenvalue weighted by Gasteiger charge is -2.12. The molecule has 0 aliphatic heterocycles. The fourth-order valence-corrected chi connectivity index (χ4v) is 4.52. The largest absolute Gasteiger partial charge is 0.309 e. The second-order valence-electron chi connectivity index (χ2n) is 4.71. The maximum Gasteiger partial charge on any atom is 0.0900 e. The van der Waals surface area contributed by atoms with Crippen LogP contribution in [0.5, 0.6) is 0 Å². The summed E-state index contributed by atoms with van der Waals surface area (Å²) in [6, 6.07) is 0.723. The van der Waals surface area contributed by atoms with E-state index in [1.165, 1.54) is 40.6 Å². The highest BCUT2D eigenvalue weighted by Gasteiger charge is 2.24. The van der Waals surface area contributed by atoms with Gasteiger partial charge in [-0.2, -0.15) is 11.8 Å². The van der Waals surface area contributed by atoms with E-state index in [1.807, 2.05) is 11.3 Å². The molecule has 1 saturated carbocycles. The van der Waals surface area contributed by atoms with Crippen LogP contribution in [0.4, 0.5) is 0 Å². The Kier molecular flexibility index (Phi) is 4.88. The molecule has 2 atom stereocenters. The average Bonchev–Trinajstić information content (AvgIpc) is 2.83. The van der Waals surface area contributed by atoms with Crippen LogP contribution in [-0.2, 0) is 6.54 Å². The second kappa shape index (κ2) is 6.21. The Morgan fingerprint density at radius 2 is 2.24 bits per heavy atom. The minimum Gasteiger partial charge on any atom is -0.309 e. The number of rotatable bonds is 5. The zero-order valence-electron chi connectivity index (χ0n) is 11.0. The van der Waals surface area contributed by atoms with E-state index in [0.29, 0.717) is 0 Å². The summed E-state index contributed by atoms with van der Waals surface area (Å²) in [4.78, 5) is 5.89. The van der Waals surface area contributed by atoms with Crippen molar-refractivity contribution in [1.82, 2.24) is 10.3 Å². The highest BCUT2D eigenvalue weighted by molar-refractivity contribution is 7.99. The average molecular weight is 270 g/mol. The molecule has 0 spiro atoms. The van der Waals surface area contributed by atoms with Gasteiger partial charge in [-0.3, -0.25) is 0 Å². The third kappa shape index (κ3) is 3.70. The Labute approximate surface area is 113 Å². The number of hydrogen-bond acceptors (Lipinski definition) is 4. The van der Waals surface area contributed by atoms with Gasteiger partial charge in [-0.05, 0) is 38.9 Å². The third-order valence-corrected chi connectivity index (χ3v) is 5.64. The van der Waals surface area contributed by atoms with E-state index in [0.717, 1.165) is 17.8 Å². The molecule has 17 heavy (non-hydrogen) atoms. The number of thioether (sulfide) groups is 1. The Morgan fingerprint density at radius 1 is 1.41 bits per heavy atom. The fourth-order valence-electron chi connectivity index (χ4n) is 2.49. The molecule has 0 saturated heterocycles. The lowest BCUT2D eigenvalue weighted by atomic mass is 10.2. The number of nitrogens with one attached hydrogen (secondary N) is 1. The predicted molar refractivity (Wildman–Crippen MR) is 78.0 cm³/mol. The molecule has 96 valence electrons. The van der Waals surface area contributed by atoms with Crippen molar-refractivity contribution in [3.8, 4) is 0 Å². The Morgan fingerprint density at radius 3 is 2.88 bits per heavy atom. The molecule has 2 nitrogen and oxygen atoms in total. The van der Waals surface area contributed by atoms with Crippen LogP contribution in [0.2, 0.25) is 0 Å². The van der Waals surface area contributed by atoms with Crippen LogP contribution in [0.25, 0.3) is 0 Å². The van der Waals surface area contributed by atoms with Crippen LogP contribution in [0.1, 0.15) is 41.8 Å². The Bertz CT molecular complexity index is 362. The first-order valence-corrected chi connectivity index (χ1v) is 8.33. The minimum absolute atomic E-state index is 0.723. The summed E-state index contributed by atoms with van der Waals surface area (Å²) in [6.07, 6.45) is 4.07. The molecule has 0 amide bonds. The van der Waals surface area contributed by atoms with Crippen LogP contribution in [0.3, 0.4) is 0 Å². The van der Waals surface area contributed by atoms with Gasteiger partial charge in [0.15, 0.2) is 0 Å². The van der Waals surface area contributed by atoms with Crippen molar-refractivity contribution in [2.45, 2.75) is 57.9 Å². The van der Waals surface area contributed by atoms with Crippen molar-refractivity contribution in [2.24, 2.45) is 0 Å². The lowest BCUT2D eigenvalue weighted by Crippen LogP contribution is -2.26. The highest BCUT2D eigenvalue weighted by atomic mass is 32.2. The van der Waals surface area contributed by atoms with Gasteiger partial charge < -0.3 is 5.32 Å². The molecule has 1 aliphatic carbocycles. The van der Waals surface area contributed by atoms with Gasteiger partial charge >= 0.3 is 0 Å². The molecule has 2 unspecified atom stereocenters. The minimum atomic E-state index is 0.723. The molecule has 1 aromatic rings. The van der Waals surface area contributed by atoms with Crippen molar-refractivity contribution >= 4 is 23.1 Å². The summed E-state index contributed by atoms with van der Waals surface area (Å²) in [5.41, 5.74) is 1.21. The van der Waals surface area contributed by atoms with E-state index < -0.39 is 0 Å². The normalized spacial score (nSPS) is 24.4. The van der Waals surface area contributed by atoms with Crippen LogP contribution < -0.4 is 5.32 Å². The molecule has 1 aliphatic rings. The van der Waals surface area contributed by atoms with Gasteiger partial charge in [-0.25, -0.2) is 4.98 Å². The van der Waals surface area contributed by atoms with E-state index in [2.05, 4.69) is 42.8 Å². The van der Waals surface area contributed by atoms with Crippen LogP contribution in [0.15, 0.2) is 0 Å². The monoisotopic (exact) mass is 270 g/mol. The summed E-state index contributed by atoms with van der Waals surface area (Å²) < 4.78 is 0. The van der Waals surface area contributed by atoms with E-state index >= 15 is 0 Å². The maximum absolute atomic E-state index is 4.48. The van der Waals surface area contributed by atoms with Crippen molar-refractivity contribution in [2.75, 3.05) is 5.75 Å². The number of aryl methyl sites for hydroxylation is 2. The molecule has 1 N–H and O–H groups in total. The van der Waals surface area contributed by atoms with E-state index in [4.69, 9.17) is 0 Å². The second-order valence-corrected chi connectivity index (χ2v) is 7.57. The van der Waals surface area contributed by atoms with Gasteiger partial charge in [0.2, 0.25) is 0 Å². The SMILES string of the molecule is CCSC1CCC(NCc2sc(C)nc2C)C1. The Balaban J connectivity index is 1.78. The van der Waals surface area contributed by atoms with Gasteiger partial charge in [0.1, 0.15) is 0 Å². The first-order chi connectivity index (χ1) is 8.19. The van der Waals surface area contributed by atoms with Crippen molar-refractivity contribution in [3.05, 3.63) is 15.6 Å². The molecule has 1 heterocycles. The molecule has 2 rings (SSSR count). The Hall–Kier alpha value is -0.0600. The summed E-state index contributed by atoms with van der Waals surface area (Å²) in [5.74, 6) is 1.25. The molecule has 0 aromatic carbocycles. The van der Waals surface area contributed by atoms with E-state index in [1.54, 1.807) is 0 Å². The molecule has 4 heteroatoms. The summed E-state index contributed by atoms with van der Waals surface area (Å²) in [7, 11) is 0. The number of thiazole rings is 1. The van der Waals surface area contributed by atoms with Gasteiger partial charge in [0.05, 0.1) is 10.7 Å². The van der Waals surface area contributed by atoms with Crippen molar-refractivity contribution < 1.29 is 0 Å². The zero-order chi connectivity index (χ0) is 12.3. The smallest absolute Gasteiger partial charge is 0.0900 e. The van der Waals surface area contributed by atoms with Crippen molar-refractivity contribution in [1.29, 1.82) is 0 Å². The molecule has 1 fully saturated rings. The summed E-state index contributed by atoms with van der Waals surface area (Å²) in [6.45, 7) is 7.47. The molecular weight excluding hydrogens is 248 g/mol. The topological polar surface area (TPSA) is 24.9 Å². The van der Waals surface area contributed by atoms with Gasteiger partial charge in [-0.1, -0.05) is 6.92 Å². The highest BCUT2D eigenvalue weighted by Crippen LogP contribution is 2.30. The first-order valence-electron chi connectivity index (χ1n) is 6.47. The van der Waals surface area contributed by atoms with E-state index in [9.17, 15) is 0 Å².